The molecule has 1 fully saturated rings. The van der Waals surface area contributed by atoms with Gasteiger partial charge < -0.3 is 14.7 Å². The van der Waals surface area contributed by atoms with E-state index < -0.39 is 0 Å². The predicted molar refractivity (Wildman–Crippen MR) is 133 cm³/mol. The second kappa shape index (κ2) is 12.2. The number of nitrogens with zero attached hydrogens (tertiary/aromatic N) is 3. The van der Waals surface area contributed by atoms with Gasteiger partial charge in [-0.2, -0.15) is 0 Å². The van der Waals surface area contributed by atoms with Gasteiger partial charge in [-0.15, -0.1) is 0 Å². The lowest BCUT2D eigenvalue weighted by molar-refractivity contribution is -0.132. The second-order valence-electron chi connectivity index (χ2n) is 9.61. The summed E-state index contributed by atoms with van der Waals surface area (Å²) >= 11 is 0. The average molecular weight is 485 g/mol. The highest BCUT2D eigenvalue weighted by Gasteiger charge is 2.22. The highest BCUT2D eigenvalue weighted by molar-refractivity contribution is 5.94. The Bertz CT molecular complexity index is 1090. The molecule has 0 bridgehead atoms. The van der Waals surface area contributed by atoms with Crippen molar-refractivity contribution in [3.63, 3.8) is 0 Å². The molecule has 1 saturated carbocycles. The van der Waals surface area contributed by atoms with Crippen molar-refractivity contribution in [2.75, 3.05) is 31.6 Å². The van der Waals surface area contributed by atoms with Crippen LogP contribution in [-0.2, 0) is 16.1 Å². The summed E-state index contributed by atoms with van der Waals surface area (Å²) in [6.45, 7) is 1.33. The first-order valence-electron chi connectivity index (χ1n) is 12.9. The molecule has 2 amide bonds. The number of rotatable bonds is 12. The Morgan fingerprint density at radius 2 is 1.97 bits per heavy atom. The number of unbranched alkanes of at least 4 members (excludes halogenated alkanes) is 1. The Kier molecular flexibility index (Phi) is 8.74. The van der Waals surface area contributed by atoms with Gasteiger partial charge in [0, 0.05) is 19.5 Å². The van der Waals surface area contributed by atoms with Crippen LogP contribution in [0.4, 0.5) is 5.95 Å². The first kappa shape index (κ1) is 25.2. The van der Waals surface area contributed by atoms with Gasteiger partial charge in [-0.25, -0.2) is 4.98 Å². The predicted octanol–water partition coefficient (Wildman–Crippen LogP) is 3.08. The number of hydrogen-bond donors (Lipinski definition) is 2. The fourth-order valence-corrected chi connectivity index (χ4v) is 5.10. The van der Waals surface area contributed by atoms with Crippen molar-refractivity contribution in [2.45, 2.75) is 70.8 Å². The standard InChI is InChI=1S/C26H36N4O5/c31-15-14-29(13-5-4-9-19-7-2-1-3-8-19)24(33)10-6-16-35-20-11-12-22-21(17-20)25(34)30-18-23(32)28-26(30)27-22/h11-12,17,19,31H,1-10,13-16,18H2,(H,27,28,32). The number of carbonyl (C=O) groups is 2. The second-order valence-corrected chi connectivity index (χ2v) is 9.61. The van der Waals surface area contributed by atoms with Gasteiger partial charge in [0.05, 0.1) is 24.1 Å². The van der Waals surface area contributed by atoms with Crippen LogP contribution in [0, 0.1) is 5.92 Å². The number of hydrogen-bond acceptors (Lipinski definition) is 6. The van der Waals surface area contributed by atoms with Crippen LogP contribution in [0.1, 0.15) is 64.2 Å². The minimum Gasteiger partial charge on any atom is -0.494 e. The quantitative estimate of drug-likeness (QED) is 0.448. The van der Waals surface area contributed by atoms with E-state index in [0.717, 1.165) is 18.8 Å². The monoisotopic (exact) mass is 484 g/mol. The van der Waals surface area contributed by atoms with E-state index in [1.807, 2.05) is 0 Å². The van der Waals surface area contributed by atoms with Crippen LogP contribution < -0.4 is 15.6 Å². The number of anilines is 1. The van der Waals surface area contributed by atoms with Crippen LogP contribution in [-0.4, -0.2) is 57.7 Å². The van der Waals surface area contributed by atoms with Gasteiger partial charge in [0.25, 0.3) is 5.56 Å². The third-order valence-electron chi connectivity index (χ3n) is 7.02. The van der Waals surface area contributed by atoms with Crippen LogP contribution in [0.2, 0.25) is 0 Å². The Hall–Kier alpha value is -2.94. The largest absolute Gasteiger partial charge is 0.494 e. The summed E-state index contributed by atoms with van der Waals surface area (Å²) < 4.78 is 7.10. The van der Waals surface area contributed by atoms with Crippen molar-refractivity contribution < 1.29 is 19.4 Å². The summed E-state index contributed by atoms with van der Waals surface area (Å²) in [5, 5.41) is 12.3. The Morgan fingerprint density at radius 1 is 1.14 bits per heavy atom. The van der Waals surface area contributed by atoms with E-state index in [-0.39, 0.29) is 36.5 Å². The molecule has 0 spiro atoms. The maximum atomic E-state index is 12.7. The molecule has 1 aliphatic heterocycles. The van der Waals surface area contributed by atoms with E-state index in [1.54, 1.807) is 23.1 Å². The van der Waals surface area contributed by atoms with Crippen molar-refractivity contribution >= 4 is 28.7 Å². The Morgan fingerprint density at radius 3 is 2.77 bits per heavy atom. The molecule has 2 heterocycles. The molecule has 2 N–H and O–H groups in total. The Labute approximate surface area is 205 Å². The summed E-state index contributed by atoms with van der Waals surface area (Å²) in [6, 6.07) is 5.06. The molecular weight excluding hydrogens is 448 g/mol. The number of ether oxygens (including phenoxy) is 1. The van der Waals surface area contributed by atoms with E-state index in [0.29, 0.717) is 49.2 Å². The molecule has 9 heteroatoms. The normalized spacial score (nSPS) is 15.7. The van der Waals surface area contributed by atoms with Gasteiger partial charge in [0.1, 0.15) is 12.3 Å². The zero-order valence-corrected chi connectivity index (χ0v) is 20.3. The van der Waals surface area contributed by atoms with E-state index >= 15 is 0 Å². The molecule has 9 nitrogen and oxygen atoms in total. The van der Waals surface area contributed by atoms with E-state index in [2.05, 4.69) is 10.3 Å². The molecule has 190 valence electrons. The number of fused-ring (bicyclic) bond motifs is 2. The van der Waals surface area contributed by atoms with Crippen LogP contribution in [0.5, 0.6) is 5.75 Å². The maximum absolute atomic E-state index is 12.7. The highest BCUT2D eigenvalue weighted by Crippen LogP contribution is 2.27. The maximum Gasteiger partial charge on any atom is 0.263 e. The summed E-state index contributed by atoms with van der Waals surface area (Å²) in [5.41, 5.74) is 0.209. The lowest BCUT2D eigenvalue weighted by Gasteiger charge is -2.24. The van der Waals surface area contributed by atoms with Crippen molar-refractivity contribution in [3.05, 3.63) is 28.6 Å². The first-order valence-corrected chi connectivity index (χ1v) is 12.9. The first-order chi connectivity index (χ1) is 17.0. The molecule has 1 aromatic carbocycles. The van der Waals surface area contributed by atoms with Gasteiger partial charge in [0.2, 0.25) is 17.8 Å². The molecular formula is C26H36N4O5. The van der Waals surface area contributed by atoms with E-state index in [1.165, 1.54) is 43.1 Å². The number of carbonyl (C=O) groups excluding carboxylic acids is 2. The third kappa shape index (κ3) is 6.60. The summed E-state index contributed by atoms with van der Waals surface area (Å²) in [4.78, 5) is 43.0. The van der Waals surface area contributed by atoms with Crippen LogP contribution >= 0.6 is 0 Å². The Balaban J connectivity index is 1.22. The fourth-order valence-electron chi connectivity index (χ4n) is 5.10. The molecule has 0 radical (unpaired) electrons. The van der Waals surface area contributed by atoms with Crippen molar-refractivity contribution in [1.29, 1.82) is 0 Å². The summed E-state index contributed by atoms with van der Waals surface area (Å²) in [6.07, 6.45) is 11.0. The summed E-state index contributed by atoms with van der Waals surface area (Å²) in [5.74, 6) is 1.42. The topological polar surface area (TPSA) is 114 Å². The zero-order valence-electron chi connectivity index (χ0n) is 20.3. The van der Waals surface area contributed by atoms with Crippen LogP contribution in [0.3, 0.4) is 0 Å². The molecule has 4 rings (SSSR count). The third-order valence-corrected chi connectivity index (χ3v) is 7.02. The van der Waals surface area contributed by atoms with E-state index in [4.69, 9.17) is 4.74 Å². The van der Waals surface area contributed by atoms with Gasteiger partial charge >= 0.3 is 0 Å². The molecule has 1 aromatic heterocycles. The smallest absolute Gasteiger partial charge is 0.263 e. The number of benzene rings is 1. The molecule has 2 aromatic rings. The van der Waals surface area contributed by atoms with Crippen molar-refractivity contribution in [2.24, 2.45) is 5.92 Å². The lowest BCUT2D eigenvalue weighted by Crippen LogP contribution is -2.34. The van der Waals surface area contributed by atoms with Gasteiger partial charge in [-0.3, -0.25) is 24.3 Å². The number of aliphatic hydroxyl groups is 1. The molecule has 0 saturated heterocycles. The molecule has 1 aliphatic carbocycles. The number of amides is 2. The minimum absolute atomic E-state index is 0.0314. The van der Waals surface area contributed by atoms with Crippen molar-refractivity contribution in [1.82, 2.24) is 14.5 Å². The lowest BCUT2D eigenvalue weighted by atomic mass is 9.86. The fraction of sp³-hybridized carbons (Fsp3) is 0.615. The number of nitrogens with one attached hydrogen (secondary N) is 1. The number of aliphatic hydroxyl groups excluding tert-OH is 1. The molecule has 2 aliphatic rings. The molecule has 0 atom stereocenters. The minimum atomic E-state index is -0.285. The highest BCUT2D eigenvalue weighted by atomic mass is 16.5. The average Bonchev–Trinajstić information content (AvgIpc) is 3.25. The van der Waals surface area contributed by atoms with Gasteiger partial charge in [-0.1, -0.05) is 44.9 Å². The van der Waals surface area contributed by atoms with Crippen LogP contribution in [0.25, 0.3) is 10.9 Å². The molecule has 35 heavy (non-hydrogen) atoms. The van der Waals surface area contributed by atoms with E-state index in [9.17, 15) is 19.5 Å². The van der Waals surface area contributed by atoms with Gasteiger partial charge in [-0.05, 0) is 37.0 Å². The van der Waals surface area contributed by atoms with Gasteiger partial charge in [0.15, 0.2) is 0 Å². The van der Waals surface area contributed by atoms with Crippen molar-refractivity contribution in [3.8, 4) is 5.75 Å². The molecule has 0 unspecified atom stereocenters. The SMILES string of the molecule is O=C1Cn2c(nc3ccc(OCCCC(=O)N(CCO)CCCCC4CCCCC4)cc3c2=O)N1. The summed E-state index contributed by atoms with van der Waals surface area (Å²) in [7, 11) is 0. The number of aromatic nitrogens is 2. The zero-order chi connectivity index (χ0) is 24.6. The van der Waals surface area contributed by atoms with Crippen LogP contribution in [0.15, 0.2) is 23.0 Å².